The molecular formula is C11H11F3N2. The predicted octanol–water partition coefficient (Wildman–Crippen LogP) is 2.74. The molecule has 0 spiro atoms. The number of hydrogen-bond acceptors (Lipinski definition) is 1. The smallest absolute Gasteiger partial charge is 0.350 e. The normalized spacial score (nSPS) is 14.3. The van der Waals surface area contributed by atoms with Crippen LogP contribution in [0.15, 0.2) is 30.5 Å². The van der Waals surface area contributed by atoms with Crippen LogP contribution in [0.3, 0.4) is 0 Å². The summed E-state index contributed by atoms with van der Waals surface area (Å²) in [6.45, 7) is 0. The lowest BCUT2D eigenvalue weighted by Crippen LogP contribution is -2.28. The van der Waals surface area contributed by atoms with Gasteiger partial charge in [-0.05, 0) is 6.07 Å². The van der Waals surface area contributed by atoms with Gasteiger partial charge in [0.15, 0.2) is 0 Å². The van der Waals surface area contributed by atoms with E-state index in [1.165, 1.54) is 6.20 Å². The van der Waals surface area contributed by atoms with E-state index < -0.39 is 12.2 Å². The van der Waals surface area contributed by atoms with Crippen molar-refractivity contribution in [1.82, 2.24) is 4.57 Å². The quantitative estimate of drug-likeness (QED) is 0.799. The summed E-state index contributed by atoms with van der Waals surface area (Å²) in [5.41, 5.74) is 6.08. The molecule has 0 aliphatic heterocycles. The highest BCUT2D eigenvalue weighted by Gasteiger charge is 2.39. The van der Waals surface area contributed by atoms with Gasteiger partial charge in [-0.1, -0.05) is 18.2 Å². The van der Waals surface area contributed by atoms with E-state index in [2.05, 4.69) is 0 Å². The largest absolute Gasteiger partial charge is 0.407 e. The number of nitrogens with two attached hydrogens (primary N) is 1. The van der Waals surface area contributed by atoms with E-state index in [1.54, 1.807) is 35.9 Å². The highest BCUT2D eigenvalue weighted by atomic mass is 19.4. The fraction of sp³-hybridized carbons (Fsp3) is 0.273. The molecule has 0 aliphatic rings. The van der Waals surface area contributed by atoms with Gasteiger partial charge >= 0.3 is 6.18 Å². The summed E-state index contributed by atoms with van der Waals surface area (Å²) in [6, 6.07) is 4.97. The minimum atomic E-state index is -4.41. The monoisotopic (exact) mass is 228 g/mol. The number of aromatic nitrogens is 1. The molecule has 1 atom stereocenters. The van der Waals surface area contributed by atoms with Crippen LogP contribution in [0, 0.1) is 0 Å². The fourth-order valence-electron chi connectivity index (χ4n) is 1.80. The number of hydrogen-bond donors (Lipinski definition) is 1. The molecule has 0 radical (unpaired) electrons. The summed E-state index contributed by atoms with van der Waals surface area (Å²) < 4.78 is 39.3. The van der Waals surface area contributed by atoms with Gasteiger partial charge < -0.3 is 10.3 Å². The number of halogens is 3. The third kappa shape index (κ3) is 1.67. The van der Waals surface area contributed by atoms with Crippen LogP contribution in [0.4, 0.5) is 13.2 Å². The highest BCUT2D eigenvalue weighted by Crippen LogP contribution is 2.34. The van der Waals surface area contributed by atoms with Crippen molar-refractivity contribution in [1.29, 1.82) is 0 Å². The van der Waals surface area contributed by atoms with Gasteiger partial charge in [0.25, 0.3) is 0 Å². The lowest BCUT2D eigenvalue weighted by Gasteiger charge is -2.14. The molecule has 0 unspecified atom stereocenters. The fourth-order valence-corrected chi connectivity index (χ4v) is 1.80. The van der Waals surface area contributed by atoms with E-state index in [4.69, 9.17) is 5.73 Å². The zero-order chi connectivity index (χ0) is 11.9. The van der Waals surface area contributed by atoms with E-state index in [1.807, 2.05) is 0 Å². The molecular weight excluding hydrogens is 217 g/mol. The van der Waals surface area contributed by atoms with Gasteiger partial charge in [-0.3, -0.25) is 0 Å². The van der Waals surface area contributed by atoms with Gasteiger partial charge in [-0.2, -0.15) is 13.2 Å². The average Bonchev–Trinajstić information content (AvgIpc) is 2.55. The Morgan fingerprint density at radius 3 is 2.50 bits per heavy atom. The molecule has 0 saturated heterocycles. The number of nitrogens with zero attached hydrogens (tertiary/aromatic N) is 1. The number of alkyl halides is 3. The maximum Gasteiger partial charge on any atom is 0.407 e. The van der Waals surface area contributed by atoms with Gasteiger partial charge in [0.05, 0.1) is 0 Å². The van der Waals surface area contributed by atoms with Gasteiger partial charge in [-0.25, -0.2) is 0 Å². The first-order chi connectivity index (χ1) is 7.41. The Balaban J connectivity index is 2.62. The van der Waals surface area contributed by atoms with Gasteiger partial charge in [0.1, 0.15) is 6.04 Å². The summed E-state index contributed by atoms with van der Waals surface area (Å²) in [5.74, 6) is 0. The predicted molar refractivity (Wildman–Crippen MR) is 55.9 cm³/mol. The highest BCUT2D eigenvalue weighted by molar-refractivity contribution is 5.84. The van der Waals surface area contributed by atoms with Crippen molar-refractivity contribution in [3.63, 3.8) is 0 Å². The van der Waals surface area contributed by atoms with Crippen molar-refractivity contribution in [3.05, 3.63) is 36.0 Å². The van der Waals surface area contributed by atoms with Crippen molar-refractivity contribution >= 4 is 10.9 Å². The summed E-state index contributed by atoms with van der Waals surface area (Å²) in [5, 5.41) is 0.551. The Morgan fingerprint density at radius 2 is 1.88 bits per heavy atom. The Morgan fingerprint density at radius 1 is 1.25 bits per heavy atom. The molecule has 0 aliphatic carbocycles. The van der Waals surface area contributed by atoms with Crippen molar-refractivity contribution in [2.45, 2.75) is 12.2 Å². The van der Waals surface area contributed by atoms with E-state index in [9.17, 15) is 13.2 Å². The lowest BCUT2D eigenvalue weighted by atomic mass is 10.1. The van der Waals surface area contributed by atoms with Crippen LogP contribution in [0.2, 0.25) is 0 Å². The van der Waals surface area contributed by atoms with Crippen LogP contribution in [0.25, 0.3) is 10.9 Å². The van der Waals surface area contributed by atoms with Gasteiger partial charge in [0, 0.05) is 29.7 Å². The molecule has 0 amide bonds. The summed E-state index contributed by atoms with van der Waals surface area (Å²) >= 11 is 0. The Bertz CT molecular complexity index is 513. The Kier molecular flexibility index (Phi) is 2.42. The number of fused-ring (bicyclic) bond motifs is 1. The van der Waals surface area contributed by atoms with Crippen molar-refractivity contribution < 1.29 is 13.2 Å². The number of para-hydroxylation sites is 1. The van der Waals surface area contributed by atoms with Gasteiger partial charge in [0.2, 0.25) is 0 Å². The lowest BCUT2D eigenvalue weighted by molar-refractivity contribution is -0.148. The number of rotatable bonds is 1. The maximum atomic E-state index is 12.5. The van der Waals surface area contributed by atoms with Crippen molar-refractivity contribution in [3.8, 4) is 0 Å². The molecule has 1 heterocycles. The Labute approximate surface area is 90.5 Å². The summed E-state index contributed by atoms with van der Waals surface area (Å²) in [4.78, 5) is 0. The summed E-state index contributed by atoms with van der Waals surface area (Å²) in [6.07, 6.45) is -2.98. The van der Waals surface area contributed by atoms with Crippen LogP contribution in [-0.2, 0) is 7.05 Å². The molecule has 0 bridgehead atoms. The first kappa shape index (κ1) is 11.0. The molecule has 0 saturated carbocycles. The number of benzene rings is 1. The van der Waals surface area contributed by atoms with Gasteiger partial charge in [-0.15, -0.1) is 0 Å². The molecule has 1 aromatic heterocycles. The van der Waals surface area contributed by atoms with Crippen LogP contribution < -0.4 is 5.73 Å². The average molecular weight is 228 g/mol. The third-order valence-corrected chi connectivity index (χ3v) is 2.62. The molecule has 86 valence electrons. The second-order valence-electron chi connectivity index (χ2n) is 3.73. The molecule has 16 heavy (non-hydrogen) atoms. The first-order valence-corrected chi connectivity index (χ1v) is 4.77. The maximum absolute atomic E-state index is 12.5. The van der Waals surface area contributed by atoms with Crippen LogP contribution in [-0.4, -0.2) is 10.7 Å². The van der Waals surface area contributed by atoms with E-state index >= 15 is 0 Å². The molecule has 1 aromatic carbocycles. The molecule has 2 aromatic rings. The topological polar surface area (TPSA) is 30.9 Å². The Hall–Kier alpha value is -1.49. The van der Waals surface area contributed by atoms with Crippen molar-refractivity contribution in [2.75, 3.05) is 0 Å². The number of aryl methyl sites for hydroxylation is 1. The van der Waals surface area contributed by atoms with Crippen LogP contribution in [0.5, 0.6) is 0 Å². The molecule has 0 fully saturated rings. The molecule has 2 rings (SSSR count). The summed E-state index contributed by atoms with van der Waals surface area (Å²) in [7, 11) is 1.70. The van der Waals surface area contributed by atoms with E-state index in [0.717, 1.165) is 5.52 Å². The first-order valence-electron chi connectivity index (χ1n) is 4.77. The zero-order valence-electron chi connectivity index (χ0n) is 8.62. The van der Waals surface area contributed by atoms with E-state index in [-0.39, 0.29) is 5.56 Å². The van der Waals surface area contributed by atoms with Crippen LogP contribution in [0.1, 0.15) is 11.6 Å². The minimum Gasteiger partial charge on any atom is -0.350 e. The third-order valence-electron chi connectivity index (χ3n) is 2.62. The second-order valence-corrected chi connectivity index (χ2v) is 3.73. The minimum absolute atomic E-state index is 0.116. The standard InChI is InChI=1S/C11H11F3N2/c1-16-6-8(10(15)11(12,13)14)7-4-2-3-5-9(7)16/h2-6,10H,15H2,1H3/t10-/m0/s1. The van der Waals surface area contributed by atoms with Crippen LogP contribution >= 0.6 is 0 Å². The SMILES string of the molecule is Cn1cc([C@H](N)C(F)(F)F)c2ccccc21. The molecule has 2 N–H and O–H groups in total. The van der Waals surface area contributed by atoms with Crippen molar-refractivity contribution in [2.24, 2.45) is 12.8 Å². The van der Waals surface area contributed by atoms with E-state index in [0.29, 0.717) is 5.39 Å². The zero-order valence-corrected chi connectivity index (χ0v) is 8.62. The molecule has 2 nitrogen and oxygen atoms in total. The molecule has 5 heteroatoms. The second kappa shape index (κ2) is 3.52.